The molecule has 2 heterocycles. The molecular weight excluding hydrogens is 362 g/mol. The Labute approximate surface area is 161 Å². The van der Waals surface area contributed by atoms with E-state index in [1.807, 2.05) is 24.4 Å². The maximum atomic E-state index is 12.3. The predicted octanol–water partition coefficient (Wildman–Crippen LogP) is 4.03. The van der Waals surface area contributed by atoms with E-state index in [1.165, 1.54) is 11.8 Å². The number of imidazole rings is 1. The molecule has 0 bridgehead atoms. The van der Waals surface area contributed by atoms with Crippen LogP contribution in [0.25, 0.3) is 11.3 Å². The number of benzene rings is 2. The summed E-state index contributed by atoms with van der Waals surface area (Å²) in [6.45, 7) is 3.08. The van der Waals surface area contributed by atoms with E-state index in [2.05, 4.69) is 33.9 Å². The summed E-state index contributed by atoms with van der Waals surface area (Å²) in [6, 6.07) is 15.5. The molecular formula is C20H19N3O3S. The van der Waals surface area contributed by atoms with Gasteiger partial charge in [0.05, 0.1) is 17.6 Å². The first kappa shape index (κ1) is 17.5. The third kappa shape index (κ3) is 3.78. The fourth-order valence-electron chi connectivity index (χ4n) is 2.92. The van der Waals surface area contributed by atoms with Crippen molar-refractivity contribution in [1.29, 1.82) is 0 Å². The molecule has 27 heavy (non-hydrogen) atoms. The fraction of sp³-hybridized carbons (Fsp3) is 0.200. The monoisotopic (exact) mass is 381 g/mol. The number of hydrogen-bond acceptors (Lipinski definition) is 5. The summed E-state index contributed by atoms with van der Waals surface area (Å²) in [5.41, 5.74) is 2.86. The van der Waals surface area contributed by atoms with Crippen molar-refractivity contribution in [3.05, 3.63) is 54.7 Å². The highest BCUT2D eigenvalue weighted by Crippen LogP contribution is 2.34. The number of hydrogen-bond donors (Lipinski definition) is 1. The lowest BCUT2D eigenvalue weighted by atomic mass is 10.2. The van der Waals surface area contributed by atoms with E-state index in [0.717, 1.165) is 23.0 Å². The van der Waals surface area contributed by atoms with E-state index in [9.17, 15) is 4.79 Å². The number of thioether (sulfide) groups is 1. The molecule has 1 aliphatic rings. The number of nitrogens with zero attached hydrogens (tertiary/aromatic N) is 2. The van der Waals surface area contributed by atoms with Gasteiger partial charge in [-0.15, -0.1) is 0 Å². The second-order valence-electron chi connectivity index (χ2n) is 5.94. The molecule has 0 saturated carbocycles. The molecule has 2 aromatic carbocycles. The Hall–Kier alpha value is -2.93. The van der Waals surface area contributed by atoms with Gasteiger partial charge >= 0.3 is 0 Å². The lowest BCUT2D eigenvalue weighted by Crippen LogP contribution is -2.14. The fourth-order valence-corrected chi connectivity index (χ4v) is 3.76. The zero-order valence-corrected chi connectivity index (χ0v) is 15.7. The SMILES string of the molecule is CCn1c(-c2ccccc2)cnc1SCC(=O)Nc1ccc2c(c1)OCO2. The third-order valence-electron chi connectivity index (χ3n) is 4.19. The first-order chi connectivity index (χ1) is 13.2. The summed E-state index contributed by atoms with van der Waals surface area (Å²) in [5.74, 6) is 1.53. The van der Waals surface area contributed by atoms with Crippen molar-refractivity contribution < 1.29 is 14.3 Å². The molecule has 0 radical (unpaired) electrons. The Kier molecular flexibility index (Phi) is 5.02. The summed E-state index contributed by atoms with van der Waals surface area (Å²) in [6.07, 6.45) is 1.86. The average molecular weight is 381 g/mol. The minimum absolute atomic E-state index is 0.0919. The number of fused-ring (bicyclic) bond motifs is 1. The Bertz CT molecular complexity index is 956. The third-order valence-corrected chi connectivity index (χ3v) is 5.18. The molecule has 4 rings (SSSR count). The van der Waals surface area contributed by atoms with Crippen LogP contribution in [0.3, 0.4) is 0 Å². The van der Waals surface area contributed by atoms with Crippen LogP contribution in [-0.2, 0) is 11.3 Å². The Balaban J connectivity index is 1.41. The number of rotatable bonds is 6. The topological polar surface area (TPSA) is 65.4 Å². The van der Waals surface area contributed by atoms with Crippen molar-refractivity contribution >= 4 is 23.4 Å². The highest BCUT2D eigenvalue weighted by atomic mass is 32.2. The van der Waals surface area contributed by atoms with Crippen molar-refractivity contribution in [1.82, 2.24) is 9.55 Å². The number of ether oxygens (including phenoxy) is 2. The van der Waals surface area contributed by atoms with Crippen molar-refractivity contribution in [2.24, 2.45) is 0 Å². The number of carbonyl (C=O) groups is 1. The molecule has 1 amide bonds. The van der Waals surface area contributed by atoms with E-state index >= 15 is 0 Å². The quantitative estimate of drug-likeness (QED) is 0.653. The highest BCUT2D eigenvalue weighted by Gasteiger charge is 2.15. The van der Waals surface area contributed by atoms with Crippen LogP contribution < -0.4 is 14.8 Å². The van der Waals surface area contributed by atoms with Gasteiger partial charge in [0.15, 0.2) is 16.7 Å². The van der Waals surface area contributed by atoms with Crippen LogP contribution in [0.1, 0.15) is 6.92 Å². The molecule has 0 spiro atoms. The van der Waals surface area contributed by atoms with E-state index in [1.54, 1.807) is 18.2 Å². The number of aromatic nitrogens is 2. The summed E-state index contributed by atoms with van der Waals surface area (Å²) in [4.78, 5) is 16.8. The number of nitrogens with one attached hydrogen (secondary N) is 1. The Morgan fingerprint density at radius 2 is 2.00 bits per heavy atom. The largest absolute Gasteiger partial charge is 0.454 e. The standard InChI is InChI=1S/C20H19N3O3S/c1-2-23-16(14-6-4-3-5-7-14)11-21-20(23)27-12-19(24)22-15-8-9-17-18(10-15)26-13-25-17/h3-11H,2,12-13H2,1H3,(H,22,24). The van der Waals surface area contributed by atoms with Gasteiger partial charge in [0.25, 0.3) is 0 Å². The second kappa shape index (κ2) is 7.75. The van der Waals surface area contributed by atoms with Crippen molar-refractivity contribution in [2.45, 2.75) is 18.6 Å². The van der Waals surface area contributed by atoms with Crippen LogP contribution in [0.5, 0.6) is 11.5 Å². The first-order valence-corrected chi connectivity index (χ1v) is 9.66. The van der Waals surface area contributed by atoms with Gasteiger partial charge in [-0.2, -0.15) is 0 Å². The number of anilines is 1. The molecule has 0 unspecified atom stereocenters. The summed E-state index contributed by atoms with van der Waals surface area (Å²) in [7, 11) is 0. The van der Waals surface area contributed by atoms with Crippen LogP contribution in [0.2, 0.25) is 0 Å². The number of carbonyl (C=O) groups excluding carboxylic acids is 1. The lowest BCUT2D eigenvalue weighted by molar-refractivity contribution is -0.113. The zero-order valence-electron chi connectivity index (χ0n) is 14.8. The first-order valence-electron chi connectivity index (χ1n) is 8.68. The molecule has 1 N–H and O–H groups in total. The minimum atomic E-state index is -0.0919. The lowest BCUT2D eigenvalue weighted by Gasteiger charge is -2.09. The molecule has 0 fully saturated rings. The summed E-state index contributed by atoms with van der Waals surface area (Å²) < 4.78 is 12.7. The van der Waals surface area contributed by atoms with Crippen molar-refractivity contribution in [3.63, 3.8) is 0 Å². The normalized spacial score (nSPS) is 12.2. The molecule has 6 nitrogen and oxygen atoms in total. The maximum absolute atomic E-state index is 12.3. The van der Waals surface area contributed by atoms with E-state index in [-0.39, 0.29) is 18.5 Å². The smallest absolute Gasteiger partial charge is 0.234 e. The molecule has 1 aliphatic heterocycles. The van der Waals surface area contributed by atoms with Gasteiger partial charge in [-0.25, -0.2) is 4.98 Å². The molecule has 3 aromatic rings. The summed E-state index contributed by atoms with van der Waals surface area (Å²) in [5, 5.41) is 3.72. The maximum Gasteiger partial charge on any atom is 0.234 e. The van der Waals surface area contributed by atoms with Gasteiger partial charge in [0.1, 0.15) is 0 Å². The van der Waals surface area contributed by atoms with Crippen LogP contribution in [0.4, 0.5) is 5.69 Å². The van der Waals surface area contributed by atoms with Crippen molar-refractivity contribution in [3.8, 4) is 22.8 Å². The average Bonchev–Trinajstić information content (AvgIpc) is 3.33. The summed E-state index contributed by atoms with van der Waals surface area (Å²) >= 11 is 1.42. The van der Waals surface area contributed by atoms with Crippen LogP contribution >= 0.6 is 11.8 Å². The molecule has 7 heteroatoms. The predicted molar refractivity (Wildman–Crippen MR) is 105 cm³/mol. The zero-order chi connectivity index (χ0) is 18.6. The minimum Gasteiger partial charge on any atom is -0.454 e. The Morgan fingerprint density at radius 3 is 2.81 bits per heavy atom. The van der Waals surface area contributed by atoms with E-state index in [4.69, 9.17) is 9.47 Å². The van der Waals surface area contributed by atoms with Gasteiger partial charge in [0, 0.05) is 18.3 Å². The van der Waals surface area contributed by atoms with Crippen molar-refractivity contribution in [2.75, 3.05) is 17.9 Å². The van der Waals surface area contributed by atoms with Gasteiger partial charge in [0.2, 0.25) is 12.7 Å². The second-order valence-corrected chi connectivity index (χ2v) is 6.88. The highest BCUT2D eigenvalue weighted by molar-refractivity contribution is 7.99. The van der Waals surface area contributed by atoms with Gasteiger partial charge < -0.3 is 19.4 Å². The molecule has 0 saturated heterocycles. The molecule has 0 atom stereocenters. The van der Waals surface area contributed by atoms with Crippen LogP contribution in [0.15, 0.2) is 59.9 Å². The van der Waals surface area contributed by atoms with Gasteiger partial charge in [-0.3, -0.25) is 4.79 Å². The van der Waals surface area contributed by atoms with Crippen LogP contribution in [0, 0.1) is 0 Å². The van der Waals surface area contributed by atoms with Gasteiger partial charge in [-0.1, -0.05) is 42.1 Å². The van der Waals surface area contributed by atoms with E-state index in [0.29, 0.717) is 17.2 Å². The van der Waals surface area contributed by atoms with E-state index < -0.39 is 0 Å². The molecule has 138 valence electrons. The molecule has 0 aliphatic carbocycles. The number of amides is 1. The molecule has 1 aromatic heterocycles. The Morgan fingerprint density at radius 1 is 1.19 bits per heavy atom. The van der Waals surface area contributed by atoms with Gasteiger partial charge in [-0.05, 0) is 24.6 Å². The van der Waals surface area contributed by atoms with Crippen LogP contribution in [-0.4, -0.2) is 28.0 Å².